The Labute approximate surface area is 206 Å². The van der Waals surface area contributed by atoms with Crippen molar-refractivity contribution in [2.45, 2.75) is 33.1 Å². The van der Waals surface area contributed by atoms with E-state index in [1.807, 2.05) is 24.3 Å². The summed E-state index contributed by atoms with van der Waals surface area (Å²) in [7, 11) is 0. The van der Waals surface area contributed by atoms with Crippen LogP contribution in [0.25, 0.3) is 33.4 Å². The van der Waals surface area contributed by atoms with Gasteiger partial charge in [-0.15, -0.1) is 0 Å². The summed E-state index contributed by atoms with van der Waals surface area (Å²) in [6, 6.07) is 26.9. The first-order valence-corrected chi connectivity index (χ1v) is 12.2. The van der Waals surface area contributed by atoms with E-state index in [2.05, 4.69) is 43.3 Å². The standard InChI is InChI=1S/C31H30F2O2/c1-3-5-6-21-35-27-17-15-25(16-18-27)23-9-7-22(8-10-23)24-11-13-26(14-12-24)28-19-20-29(34-4-2)31(33)30(28)32/h7-20H,3-6,21H2,1-2H3. The summed E-state index contributed by atoms with van der Waals surface area (Å²) in [4.78, 5) is 0. The fourth-order valence-electron chi connectivity index (χ4n) is 4.00. The molecule has 0 saturated heterocycles. The van der Waals surface area contributed by atoms with Crippen LogP contribution in [0.1, 0.15) is 33.1 Å². The highest BCUT2D eigenvalue weighted by Gasteiger charge is 2.15. The average Bonchev–Trinajstić information content (AvgIpc) is 2.90. The zero-order valence-electron chi connectivity index (χ0n) is 20.2. The molecule has 4 aromatic rings. The molecule has 0 unspecified atom stereocenters. The van der Waals surface area contributed by atoms with Gasteiger partial charge in [0.1, 0.15) is 5.75 Å². The molecule has 0 bridgehead atoms. The molecule has 0 heterocycles. The van der Waals surface area contributed by atoms with Gasteiger partial charge in [0, 0.05) is 5.56 Å². The molecule has 0 aliphatic carbocycles. The van der Waals surface area contributed by atoms with Crippen LogP contribution in [0.5, 0.6) is 11.5 Å². The van der Waals surface area contributed by atoms with Crippen LogP contribution in [0.2, 0.25) is 0 Å². The zero-order chi connectivity index (χ0) is 24.6. The predicted molar refractivity (Wildman–Crippen MR) is 139 cm³/mol. The van der Waals surface area contributed by atoms with Crippen molar-refractivity contribution in [3.05, 3.63) is 96.6 Å². The number of rotatable bonds is 10. The minimum absolute atomic E-state index is 0.0698. The summed E-state index contributed by atoms with van der Waals surface area (Å²) in [5, 5.41) is 0. The first kappa shape index (κ1) is 24.5. The second-order valence-electron chi connectivity index (χ2n) is 8.41. The van der Waals surface area contributed by atoms with Crippen molar-refractivity contribution in [3.63, 3.8) is 0 Å². The third-order valence-electron chi connectivity index (χ3n) is 5.97. The average molecular weight is 473 g/mol. The van der Waals surface area contributed by atoms with E-state index >= 15 is 0 Å². The van der Waals surface area contributed by atoms with E-state index in [1.165, 1.54) is 18.9 Å². The van der Waals surface area contributed by atoms with Gasteiger partial charge in [-0.3, -0.25) is 0 Å². The maximum Gasteiger partial charge on any atom is 0.201 e. The van der Waals surface area contributed by atoms with Crippen LogP contribution >= 0.6 is 0 Å². The normalized spacial score (nSPS) is 10.9. The molecule has 4 aromatic carbocycles. The third kappa shape index (κ3) is 5.89. The molecule has 0 aliphatic heterocycles. The van der Waals surface area contributed by atoms with Gasteiger partial charge in [-0.25, -0.2) is 4.39 Å². The number of benzene rings is 4. The van der Waals surface area contributed by atoms with Crippen molar-refractivity contribution < 1.29 is 18.3 Å². The number of hydrogen-bond acceptors (Lipinski definition) is 2. The number of halogens is 2. The maximum atomic E-state index is 14.6. The van der Waals surface area contributed by atoms with Gasteiger partial charge in [-0.05, 0) is 65.4 Å². The van der Waals surface area contributed by atoms with E-state index in [1.54, 1.807) is 25.1 Å². The van der Waals surface area contributed by atoms with Gasteiger partial charge in [0.15, 0.2) is 11.6 Å². The highest BCUT2D eigenvalue weighted by Crippen LogP contribution is 2.32. The highest BCUT2D eigenvalue weighted by molar-refractivity contribution is 5.73. The Hall–Kier alpha value is -3.66. The van der Waals surface area contributed by atoms with Crippen molar-refractivity contribution in [1.29, 1.82) is 0 Å². The van der Waals surface area contributed by atoms with Crippen molar-refractivity contribution in [2.75, 3.05) is 13.2 Å². The second kappa shape index (κ2) is 11.7. The van der Waals surface area contributed by atoms with Gasteiger partial charge in [-0.1, -0.05) is 80.4 Å². The van der Waals surface area contributed by atoms with Crippen LogP contribution in [0.4, 0.5) is 8.78 Å². The SMILES string of the molecule is CCCCCOc1ccc(-c2ccc(-c3ccc(-c4ccc(OCC)c(F)c4F)cc3)cc2)cc1. The van der Waals surface area contributed by atoms with E-state index in [0.29, 0.717) is 5.56 Å². The van der Waals surface area contributed by atoms with Crippen LogP contribution in [0.3, 0.4) is 0 Å². The number of ether oxygens (including phenoxy) is 2. The smallest absolute Gasteiger partial charge is 0.201 e. The van der Waals surface area contributed by atoms with Crippen LogP contribution in [-0.4, -0.2) is 13.2 Å². The van der Waals surface area contributed by atoms with Gasteiger partial charge in [0.2, 0.25) is 5.82 Å². The van der Waals surface area contributed by atoms with E-state index < -0.39 is 11.6 Å². The molecule has 180 valence electrons. The predicted octanol–water partition coefficient (Wildman–Crippen LogP) is 8.93. The molecule has 0 spiro atoms. The molecule has 0 fully saturated rings. The topological polar surface area (TPSA) is 18.5 Å². The van der Waals surface area contributed by atoms with Crippen molar-refractivity contribution in [1.82, 2.24) is 0 Å². The zero-order valence-corrected chi connectivity index (χ0v) is 20.2. The molecule has 0 atom stereocenters. The lowest BCUT2D eigenvalue weighted by Crippen LogP contribution is -1.98. The van der Waals surface area contributed by atoms with Crippen LogP contribution in [0.15, 0.2) is 84.9 Å². The molecule has 4 heteroatoms. The van der Waals surface area contributed by atoms with Crippen LogP contribution in [-0.2, 0) is 0 Å². The van der Waals surface area contributed by atoms with E-state index in [9.17, 15) is 8.78 Å². The molecule has 0 amide bonds. The fraction of sp³-hybridized carbons (Fsp3) is 0.226. The molecule has 0 aliphatic rings. The van der Waals surface area contributed by atoms with Crippen LogP contribution in [0, 0.1) is 11.6 Å². The summed E-state index contributed by atoms with van der Waals surface area (Å²) in [5.41, 5.74) is 5.13. The van der Waals surface area contributed by atoms with Gasteiger partial charge in [0.05, 0.1) is 13.2 Å². The lowest BCUT2D eigenvalue weighted by Gasteiger charge is -2.10. The van der Waals surface area contributed by atoms with Crippen molar-refractivity contribution >= 4 is 0 Å². The third-order valence-corrected chi connectivity index (χ3v) is 5.97. The lowest BCUT2D eigenvalue weighted by molar-refractivity contribution is 0.306. The van der Waals surface area contributed by atoms with Crippen molar-refractivity contribution in [3.8, 4) is 44.9 Å². The van der Waals surface area contributed by atoms with E-state index in [0.717, 1.165) is 41.0 Å². The fourth-order valence-corrected chi connectivity index (χ4v) is 4.00. The monoisotopic (exact) mass is 472 g/mol. The molecule has 0 radical (unpaired) electrons. The Kier molecular flexibility index (Phi) is 8.15. The lowest BCUT2D eigenvalue weighted by atomic mass is 9.98. The molecular formula is C31H30F2O2. The molecular weight excluding hydrogens is 442 g/mol. The molecule has 0 aromatic heterocycles. The summed E-state index contributed by atoms with van der Waals surface area (Å²) >= 11 is 0. The first-order valence-electron chi connectivity index (χ1n) is 12.2. The van der Waals surface area contributed by atoms with Gasteiger partial charge in [0.25, 0.3) is 0 Å². The van der Waals surface area contributed by atoms with Crippen molar-refractivity contribution in [2.24, 2.45) is 0 Å². The highest BCUT2D eigenvalue weighted by atomic mass is 19.2. The second-order valence-corrected chi connectivity index (χ2v) is 8.41. The Bertz CT molecular complexity index is 1230. The van der Waals surface area contributed by atoms with Gasteiger partial charge >= 0.3 is 0 Å². The largest absolute Gasteiger partial charge is 0.494 e. The number of unbranched alkanes of at least 4 members (excludes halogenated alkanes) is 2. The van der Waals surface area contributed by atoms with Crippen LogP contribution < -0.4 is 9.47 Å². The minimum Gasteiger partial charge on any atom is -0.494 e. The molecule has 0 N–H and O–H groups in total. The summed E-state index contributed by atoms with van der Waals surface area (Å²) in [6.45, 7) is 4.95. The summed E-state index contributed by atoms with van der Waals surface area (Å²) in [6.07, 6.45) is 3.45. The molecule has 35 heavy (non-hydrogen) atoms. The van der Waals surface area contributed by atoms with Gasteiger partial charge in [-0.2, -0.15) is 4.39 Å². The van der Waals surface area contributed by atoms with E-state index in [4.69, 9.17) is 9.47 Å². The summed E-state index contributed by atoms with van der Waals surface area (Å²) < 4.78 is 39.7. The Morgan fingerprint density at radius 2 is 1.06 bits per heavy atom. The van der Waals surface area contributed by atoms with E-state index in [-0.39, 0.29) is 17.9 Å². The Morgan fingerprint density at radius 3 is 1.57 bits per heavy atom. The minimum atomic E-state index is -0.958. The van der Waals surface area contributed by atoms with Gasteiger partial charge < -0.3 is 9.47 Å². The first-order chi connectivity index (χ1) is 17.1. The maximum absolute atomic E-state index is 14.6. The molecule has 0 saturated carbocycles. The molecule has 4 rings (SSSR count). The number of hydrogen-bond donors (Lipinski definition) is 0. The molecule has 2 nitrogen and oxygen atoms in total. The Morgan fingerprint density at radius 1 is 0.543 bits per heavy atom. The summed E-state index contributed by atoms with van der Waals surface area (Å²) in [5.74, 6) is -1.03. The quantitative estimate of drug-likeness (QED) is 0.215. The Balaban J connectivity index is 1.45.